The van der Waals surface area contributed by atoms with Crippen LogP contribution in [0.2, 0.25) is 0 Å². The van der Waals surface area contributed by atoms with Gasteiger partial charge in [-0.1, -0.05) is 12.1 Å². The summed E-state index contributed by atoms with van der Waals surface area (Å²) < 4.78 is 19.1. The average Bonchev–Trinajstić information content (AvgIpc) is 2.80. The van der Waals surface area contributed by atoms with Crippen molar-refractivity contribution in [1.29, 1.82) is 0 Å². The van der Waals surface area contributed by atoms with Gasteiger partial charge in [0.1, 0.15) is 5.82 Å². The second kappa shape index (κ2) is 6.92. The van der Waals surface area contributed by atoms with Gasteiger partial charge in [0.2, 0.25) is 0 Å². The highest BCUT2D eigenvalue weighted by Gasteiger charge is 2.17. The lowest BCUT2D eigenvalue weighted by Crippen LogP contribution is -2.27. The Labute approximate surface area is 122 Å². The number of nitrogens with zero attached hydrogens (tertiary/aromatic N) is 1. The Balaban J connectivity index is 1.98. The summed E-state index contributed by atoms with van der Waals surface area (Å²) in [6.45, 7) is 4.40. The molecule has 0 aliphatic heterocycles. The largest absolute Gasteiger partial charge is 0.372 e. The molecule has 0 amide bonds. The molecule has 108 valence electrons. The van der Waals surface area contributed by atoms with Gasteiger partial charge in [0.15, 0.2) is 0 Å². The standard InChI is InChI=1S/C15H19FN2OS/c1-10(17)15(12-4-3-5-13(16)8-12)19-7-6-14-11(2)18-9-20-14/h3-5,8-10,15H,6-7,17H2,1-2H3. The van der Waals surface area contributed by atoms with Gasteiger partial charge in [-0.25, -0.2) is 9.37 Å². The molecule has 1 heterocycles. The molecular weight excluding hydrogens is 275 g/mol. The van der Waals surface area contributed by atoms with Crippen molar-refractivity contribution >= 4 is 11.3 Å². The molecule has 2 rings (SSSR count). The fourth-order valence-electron chi connectivity index (χ4n) is 2.08. The van der Waals surface area contributed by atoms with Crippen molar-refractivity contribution in [1.82, 2.24) is 4.98 Å². The van der Waals surface area contributed by atoms with Gasteiger partial charge in [-0.15, -0.1) is 11.3 Å². The SMILES string of the molecule is Cc1ncsc1CCOC(c1cccc(F)c1)C(C)N. The third-order valence-electron chi connectivity index (χ3n) is 3.13. The van der Waals surface area contributed by atoms with Gasteiger partial charge in [-0.3, -0.25) is 0 Å². The molecule has 0 bridgehead atoms. The van der Waals surface area contributed by atoms with E-state index in [0.29, 0.717) is 6.61 Å². The number of thiazole rings is 1. The first-order chi connectivity index (χ1) is 9.58. The summed E-state index contributed by atoms with van der Waals surface area (Å²) in [6.07, 6.45) is 0.508. The minimum atomic E-state index is -0.293. The second-order valence-corrected chi connectivity index (χ2v) is 5.76. The van der Waals surface area contributed by atoms with Crippen molar-refractivity contribution in [2.45, 2.75) is 32.4 Å². The van der Waals surface area contributed by atoms with Crippen LogP contribution in [0.5, 0.6) is 0 Å². The van der Waals surface area contributed by atoms with Crippen LogP contribution in [0, 0.1) is 12.7 Å². The van der Waals surface area contributed by atoms with E-state index in [1.54, 1.807) is 17.4 Å². The molecule has 1 aromatic carbocycles. The summed E-state index contributed by atoms with van der Waals surface area (Å²) in [5.41, 5.74) is 9.61. The highest BCUT2D eigenvalue weighted by molar-refractivity contribution is 7.09. The van der Waals surface area contributed by atoms with E-state index >= 15 is 0 Å². The number of nitrogens with two attached hydrogens (primary N) is 1. The van der Waals surface area contributed by atoms with E-state index in [1.807, 2.05) is 25.4 Å². The van der Waals surface area contributed by atoms with E-state index in [-0.39, 0.29) is 18.0 Å². The van der Waals surface area contributed by atoms with Gasteiger partial charge in [-0.05, 0) is 31.5 Å². The number of hydrogen-bond donors (Lipinski definition) is 1. The topological polar surface area (TPSA) is 48.1 Å². The molecule has 0 spiro atoms. The molecular formula is C15H19FN2OS. The van der Waals surface area contributed by atoms with Crippen LogP contribution in [0.15, 0.2) is 29.8 Å². The Morgan fingerprint density at radius 3 is 2.85 bits per heavy atom. The predicted molar refractivity (Wildman–Crippen MR) is 79.3 cm³/mol. The van der Waals surface area contributed by atoms with E-state index < -0.39 is 0 Å². The van der Waals surface area contributed by atoms with E-state index in [0.717, 1.165) is 17.7 Å². The minimum Gasteiger partial charge on any atom is -0.372 e. The predicted octanol–water partition coefficient (Wildman–Crippen LogP) is 3.24. The maximum atomic E-state index is 13.3. The van der Waals surface area contributed by atoms with Crippen molar-refractivity contribution in [2.75, 3.05) is 6.61 Å². The van der Waals surface area contributed by atoms with Crippen LogP contribution in [0.25, 0.3) is 0 Å². The minimum absolute atomic E-state index is 0.195. The zero-order valence-electron chi connectivity index (χ0n) is 11.7. The Kier molecular flexibility index (Phi) is 5.23. The lowest BCUT2D eigenvalue weighted by atomic mass is 10.0. The first kappa shape index (κ1) is 15.1. The highest BCUT2D eigenvalue weighted by atomic mass is 32.1. The number of benzene rings is 1. The normalized spacial score (nSPS) is 14.2. The molecule has 5 heteroatoms. The third-order valence-corrected chi connectivity index (χ3v) is 4.12. The van der Waals surface area contributed by atoms with Gasteiger partial charge in [-0.2, -0.15) is 0 Å². The van der Waals surface area contributed by atoms with Crippen molar-refractivity contribution in [3.8, 4) is 0 Å². The molecule has 3 nitrogen and oxygen atoms in total. The fraction of sp³-hybridized carbons (Fsp3) is 0.400. The Morgan fingerprint density at radius 2 is 2.25 bits per heavy atom. The van der Waals surface area contributed by atoms with Crippen molar-refractivity contribution < 1.29 is 9.13 Å². The molecule has 0 radical (unpaired) electrons. The third kappa shape index (κ3) is 3.85. The van der Waals surface area contributed by atoms with Crippen LogP contribution in [0.4, 0.5) is 4.39 Å². The van der Waals surface area contributed by atoms with Crippen LogP contribution >= 0.6 is 11.3 Å². The summed E-state index contributed by atoms with van der Waals surface area (Å²) in [5, 5.41) is 0. The molecule has 0 fully saturated rings. The van der Waals surface area contributed by atoms with E-state index in [9.17, 15) is 4.39 Å². The number of halogens is 1. The van der Waals surface area contributed by atoms with Crippen LogP contribution < -0.4 is 5.73 Å². The molecule has 0 aliphatic rings. The molecule has 0 aliphatic carbocycles. The zero-order chi connectivity index (χ0) is 14.5. The van der Waals surface area contributed by atoms with Crippen molar-refractivity contribution in [3.05, 3.63) is 51.7 Å². The summed E-state index contributed by atoms with van der Waals surface area (Å²) >= 11 is 1.63. The molecule has 2 aromatic rings. The lowest BCUT2D eigenvalue weighted by molar-refractivity contribution is 0.0404. The lowest BCUT2D eigenvalue weighted by Gasteiger charge is -2.22. The zero-order valence-corrected chi connectivity index (χ0v) is 12.5. The summed E-state index contributed by atoms with van der Waals surface area (Å²) in [5.74, 6) is -0.268. The maximum Gasteiger partial charge on any atom is 0.123 e. The van der Waals surface area contributed by atoms with Crippen LogP contribution in [0.3, 0.4) is 0 Å². The number of aryl methyl sites for hydroxylation is 1. The van der Waals surface area contributed by atoms with Gasteiger partial charge < -0.3 is 10.5 Å². The molecule has 2 unspecified atom stereocenters. The van der Waals surface area contributed by atoms with Gasteiger partial charge >= 0.3 is 0 Å². The molecule has 1 aromatic heterocycles. The summed E-state index contributed by atoms with van der Waals surface area (Å²) in [6, 6.07) is 6.22. The first-order valence-corrected chi connectivity index (χ1v) is 7.47. The first-order valence-electron chi connectivity index (χ1n) is 6.59. The van der Waals surface area contributed by atoms with Crippen LogP contribution in [0.1, 0.15) is 29.2 Å². The monoisotopic (exact) mass is 294 g/mol. The molecule has 0 saturated carbocycles. The van der Waals surface area contributed by atoms with Crippen LogP contribution in [-0.4, -0.2) is 17.6 Å². The molecule has 2 atom stereocenters. The Bertz CT molecular complexity index is 556. The average molecular weight is 294 g/mol. The van der Waals surface area contributed by atoms with Gasteiger partial charge in [0, 0.05) is 17.3 Å². The van der Waals surface area contributed by atoms with E-state index in [4.69, 9.17) is 10.5 Å². The maximum absolute atomic E-state index is 13.3. The number of aromatic nitrogens is 1. The smallest absolute Gasteiger partial charge is 0.123 e. The number of ether oxygens (including phenoxy) is 1. The highest BCUT2D eigenvalue weighted by Crippen LogP contribution is 2.22. The fourth-order valence-corrected chi connectivity index (χ4v) is 2.84. The Morgan fingerprint density at radius 1 is 1.45 bits per heavy atom. The van der Waals surface area contributed by atoms with E-state index in [2.05, 4.69) is 4.98 Å². The quantitative estimate of drug-likeness (QED) is 0.889. The van der Waals surface area contributed by atoms with Gasteiger partial charge in [0.25, 0.3) is 0 Å². The number of rotatable bonds is 6. The van der Waals surface area contributed by atoms with Crippen molar-refractivity contribution in [2.24, 2.45) is 5.73 Å². The van der Waals surface area contributed by atoms with E-state index in [1.165, 1.54) is 17.0 Å². The second-order valence-electron chi connectivity index (χ2n) is 4.82. The van der Waals surface area contributed by atoms with Crippen molar-refractivity contribution in [3.63, 3.8) is 0 Å². The molecule has 20 heavy (non-hydrogen) atoms. The van der Waals surface area contributed by atoms with Crippen LogP contribution in [-0.2, 0) is 11.2 Å². The summed E-state index contributed by atoms with van der Waals surface area (Å²) in [7, 11) is 0. The summed E-state index contributed by atoms with van der Waals surface area (Å²) in [4.78, 5) is 5.42. The van der Waals surface area contributed by atoms with Gasteiger partial charge in [0.05, 0.1) is 23.9 Å². The molecule has 0 saturated heterocycles. The number of hydrogen-bond acceptors (Lipinski definition) is 4. The molecule has 2 N–H and O–H groups in total. The Hall–Kier alpha value is -1.30.